The molecule has 0 amide bonds. The summed E-state index contributed by atoms with van der Waals surface area (Å²) in [6.07, 6.45) is 11.4. The molecule has 1 fully saturated rings. The van der Waals surface area contributed by atoms with Crippen LogP contribution in [0.25, 0.3) is 10.8 Å². The maximum absolute atomic E-state index is 2.31. The quantitative estimate of drug-likeness (QED) is 0.650. The lowest BCUT2D eigenvalue weighted by Crippen LogP contribution is -2.06. The van der Waals surface area contributed by atoms with Gasteiger partial charge in [0.15, 0.2) is 0 Å². The van der Waals surface area contributed by atoms with E-state index in [9.17, 15) is 0 Å². The molecule has 2 aromatic carbocycles. The third kappa shape index (κ3) is 3.18. The van der Waals surface area contributed by atoms with E-state index in [0.717, 1.165) is 5.92 Å². The Morgan fingerprint density at radius 3 is 2.53 bits per heavy atom. The predicted octanol–water partition coefficient (Wildman–Crippen LogP) is 5.74. The summed E-state index contributed by atoms with van der Waals surface area (Å²) in [6.45, 7) is 0. The zero-order chi connectivity index (χ0) is 12.9. The first-order valence-corrected chi connectivity index (χ1v) is 7.90. The molecule has 1 aliphatic carbocycles. The van der Waals surface area contributed by atoms with Crippen LogP contribution < -0.4 is 0 Å². The third-order valence-corrected chi connectivity index (χ3v) is 4.66. The second-order valence-corrected chi connectivity index (χ2v) is 6.03. The van der Waals surface area contributed by atoms with Crippen LogP contribution in [0.2, 0.25) is 0 Å². The van der Waals surface area contributed by atoms with Crippen LogP contribution in [0.5, 0.6) is 0 Å². The van der Waals surface area contributed by atoms with E-state index in [1.165, 1.54) is 67.7 Å². The summed E-state index contributed by atoms with van der Waals surface area (Å²) in [7, 11) is 0. The van der Waals surface area contributed by atoms with Crippen LogP contribution >= 0.6 is 0 Å². The first-order chi connectivity index (χ1) is 9.43. The minimum atomic E-state index is 1.02. The number of hydrogen-bond acceptors (Lipinski definition) is 0. The van der Waals surface area contributed by atoms with Gasteiger partial charge >= 0.3 is 0 Å². The molecule has 0 N–H and O–H groups in total. The van der Waals surface area contributed by atoms with E-state index in [2.05, 4.69) is 42.5 Å². The Labute approximate surface area is 116 Å². The first kappa shape index (κ1) is 12.7. The highest BCUT2D eigenvalue weighted by Crippen LogP contribution is 2.28. The molecule has 0 saturated heterocycles. The Balaban J connectivity index is 1.62. The molecule has 19 heavy (non-hydrogen) atoms. The van der Waals surface area contributed by atoms with Crippen molar-refractivity contribution in [2.75, 3.05) is 0 Å². The van der Waals surface area contributed by atoms with E-state index in [-0.39, 0.29) is 0 Å². The highest BCUT2D eigenvalue weighted by atomic mass is 14.2. The van der Waals surface area contributed by atoms with Gasteiger partial charge < -0.3 is 0 Å². The van der Waals surface area contributed by atoms with E-state index >= 15 is 0 Å². The van der Waals surface area contributed by atoms with Crippen molar-refractivity contribution >= 4 is 10.8 Å². The molecule has 0 radical (unpaired) electrons. The molecule has 0 aromatic heterocycles. The fourth-order valence-electron chi connectivity index (χ4n) is 3.57. The van der Waals surface area contributed by atoms with Gasteiger partial charge in [0, 0.05) is 0 Å². The molecule has 0 aliphatic heterocycles. The predicted molar refractivity (Wildman–Crippen MR) is 83.5 cm³/mol. The van der Waals surface area contributed by atoms with E-state index in [0.29, 0.717) is 0 Å². The van der Waals surface area contributed by atoms with E-state index in [4.69, 9.17) is 0 Å². The summed E-state index contributed by atoms with van der Waals surface area (Å²) >= 11 is 0. The molecule has 1 saturated carbocycles. The third-order valence-electron chi connectivity index (χ3n) is 4.66. The highest BCUT2D eigenvalue weighted by molar-refractivity contribution is 5.85. The topological polar surface area (TPSA) is 0 Å². The Kier molecular flexibility index (Phi) is 4.17. The number of fused-ring (bicyclic) bond motifs is 1. The molecular formula is C19H24. The van der Waals surface area contributed by atoms with Crippen molar-refractivity contribution in [1.29, 1.82) is 0 Å². The van der Waals surface area contributed by atoms with Crippen LogP contribution in [0.4, 0.5) is 0 Å². The molecule has 0 atom stereocenters. The van der Waals surface area contributed by atoms with Gasteiger partial charge in [-0.2, -0.15) is 0 Å². The summed E-state index contributed by atoms with van der Waals surface area (Å²) in [5, 5.41) is 2.84. The smallest absolute Gasteiger partial charge is 0.0152 e. The fourth-order valence-corrected chi connectivity index (χ4v) is 3.57. The second kappa shape index (κ2) is 6.23. The van der Waals surface area contributed by atoms with Crippen LogP contribution in [0.1, 0.15) is 50.5 Å². The molecule has 0 heteroatoms. The van der Waals surface area contributed by atoms with Gasteiger partial charge in [-0.3, -0.25) is 0 Å². The minimum Gasteiger partial charge on any atom is -0.0616 e. The van der Waals surface area contributed by atoms with Crippen molar-refractivity contribution in [3.63, 3.8) is 0 Å². The van der Waals surface area contributed by atoms with Crippen LogP contribution in [0, 0.1) is 5.92 Å². The zero-order valence-corrected chi connectivity index (χ0v) is 11.8. The molecule has 0 nitrogen and oxygen atoms in total. The molecule has 3 rings (SSSR count). The minimum absolute atomic E-state index is 1.02. The number of aryl methyl sites for hydroxylation is 1. The van der Waals surface area contributed by atoms with Gasteiger partial charge in [0.2, 0.25) is 0 Å². The van der Waals surface area contributed by atoms with Gasteiger partial charge in [0.25, 0.3) is 0 Å². The molecule has 0 bridgehead atoms. The van der Waals surface area contributed by atoms with Crippen molar-refractivity contribution in [3.8, 4) is 0 Å². The number of rotatable bonds is 4. The SMILES string of the molecule is c1ccc2c(CCCC3CCCCC3)cccc2c1. The van der Waals surface area contributed by atoms with Crippen molar-refractivity contribution in [2.45, 2.75) is 51.4 Å². The van der Waals surface area contributed by atoms with Gasteiger partial charge in [-0.1, -0.05) is 81.0 Å². The van der Waals surface area contributed by atoms with Crippen LogP contribution in [-0.2, 0) is 6.42 Å². The Morgan fingerprint density at radius 1 is 0.842 bits per heavy atom. The lowest BCUT2D eigenvalue weighted by Gasteiger charge is -2.21. The van der Waals surface area contributed by atoms with E-state index in [1.54, 1.807) is 0 Å². The normalized spacial score (nSPS) is 16.8. The monoisotopic (exact) mass is 252 g/mol. The van der Waals surface area contributed by atoms with Gasteiger partial charge in [-0.15, -0.1) is 0 Å². The van der Waals surface area contributed by atoms with Gasteiger partial charge in [-0.25, -0.2) is 0 Å². The standard InChI is InChI=1S/C19H24/c1-2-8-16(9-3-1)10-6-12-18-14-7-13-17-11-4-5-15-19(17)18/h4-5,7,11,13-16H,1-3,6,8-10,12H2. The Morgan fingerprint density at radius 2 is 1.63 bits per heavy atom. The van der Waals surface area contributed by atoms with Crippen molar-refractivity contribution < 1.29 is 0 Å². The number of hydrogen-bond donors (Lipinski definition) is 0. The molecule has 2 aromatic rings. The molecule has 1 aliphatic rings. The van der Waals surface area contributed by atoms with Gasteiger partial charge in [-0.05, 0) is 35.1 Å². The summed E-state index contributed by atoms with van der Waals surface area (Å²) in [5.41, 5.74) is 1.54. The van der Waals surface area contributed by atoms with Crippen LogP contribution in [0.15, 0.2) is 42.5 Å². The molecular weight excluding hydrogens is 228 g/mol. The zero-order valence-electron chi connectivity index (χ0n) is 11.8. The molecule has 0 heterocycles. The average molecular weight is 252 g/mol. The van der Waals surface area contributed by atoms with Crippen molar-refractivity contribution in [1.82, 2.24) is 0 Å². The molecule has 0 spiro atoms. The summed E-state index contributed by atoms with van der Waals surface area (Å²) in [5.74, 6) is 1.02. The van der Waals surface area contributed by atoms with Gasteiger partial charge in [0.1, 0.15) is 0 Å². The summed E-state index contributed by atoms with van der Waals surface area (Å²) < 4.78 is 0. The summed E-state index contributed by atoms with van der Waals surface area (Å²) in [4.78, 5) is 0. The lowest BCUT2D eigenvalue weighted by atomic mass is 9.85. The van der Waals surface area contributed by atoms with E-state index in [1.807, 2.05) is 0 Å². The largest absolute Gasteiger partial charge is 0.0616 e. The van der Waals surface area contributed by atoms with Crippen LogP contribution in [-0.4, -0.2) is 0 Å². The van der Waals surface area contributed by atoms with E-state index < -0.39 is 0 Å². The second-order valence-electron chi connectivity index (χ2n) is 6.03. The highest BCUT2D eigenvalue weighted by Gasteiger charge is 2.12. The maximum atomic E-state index is 2.31. The van der Waals surface area contributed by atoms with Gasteiger partial charge in [0.05, 0.1) is 0 Å². The van der Waals surface area contributed by atoms with Crippen LogP contribution in [0.3, 0.4) is 0 Å². The number of benzene rings is 2. The Bertz CT molecular complexity index is 515. The Hall–Kier alpha value is -1.30. The average Bonchev–Trinajstić information content (AvgIpc) is 2.49. The first-order valence-electron chi connectivity index (χ1n) is 7.90. The van der Waals surface area contributed by atoms with Crippen molar-refractivity contribution in [2.24, 2.45) is 5.92 Å². The molecule has 0 unspecified atom stereocenters. The summed E-state index contributed by atoms with van der Waals surface area (Å²) in [6, 6.07) is 15.5. The fraction of sp³-hybridized carbons (Fsp3) is 0.474. The molecule has 100 valence electrons. The lowest BCUT2D eigenvalue weighted by molar-refractivity contribution is 0.332. The maximum Gasteiger partial charge on any atom is -0.0152 e. The van der Waals surface area contributed by atoms with Crippen molar-refractivity contribution in [3.05, 3.63) is 48.0 Å².